The topological polar surface area (TPSA) is 50.4 Å². The molecule has 8 heteroatoms. The Labute approximate surface area is 163 Å². The highest BCUT2D eigenvalue weighted by Gasteiger charge is 2.34. The van der Waals surface area contributed by atoms with Crippen LogP contribution in [-0.4, -0.2) is 23.0 Å². The largest absolute Gasteiger partial charge is 0.495 e. The maximum Gasteiger partial charge on any atom is 0.252 e. The van der Waals surface area contributed by atoms with Crippen molar-refractivity contribution in [3.8, 4) is 5.75 Å². The number of halogens is 4. The van der Waals surface area contributed by atoms with Crippen molar-refractivity contribution in [2.45, 2.75) is 9.96 Å². The molecule has 0 saturated carbocycles. The second-order valence-corrected chi connectivity index (χ2v) is 8.08. The molecule has 2 N–H and O–H groups in total. The van der Waals surface area contributed by atoms with Gasteiger partial charge in [0.1, 0.15) is 11.9 Å². The van der Waals surface area contributed by atoms with E-state index in [1.165, 1.54) is 7.11 Å². The van der Waals surface area contributed by atoms with Gasteiger partial charge in [0.25, 0.3) is 5.91 Å². The Balaban J connectivity index is 2.20. The van der Waals surface area contributed by atoms with Gasteiger partial charge in [-0.05, 0) is 36.4 Å². The molecule has 1 unspecified atom stereocenters. The van der Waals surface area contributed by atoms with E-state index in [2.05, 4.69) is 26.6 Å². The maximum absolute atomic E-state index is 12.4. The van der Waals surface area contributed by atoms with E-state index in [9.17, 15) is 4.79 Å². The number of hydrogen-bond acceptors (Lipinski definition) is 3. The van der Waals surface area contributed by atoms with Crippen molar-refractivity contribution in [1.82, 2.24) is 5.32 Å². The van der Waals surface area contributed by atoms with Gasteiger partial charge in [0.15, 0.2) is 0 Å². The number of nitrogens with one attached hydrogen (secondary N) is 2. The third-order valence-electron chi connectivity index (χ3n) is 3.12. The molecule has 0 spiro atoms. The summed E-state index contributed by atoms with van der Waals surface area (Å²) in [6.45, 7) is 0. The lowest BCUT2D eigenvalue weighted by Crippen LogP contribution is -2.49. The first-order valence-electron chi connectivity index (χ1n) is 6.84. The van der Waals surface area contributed by atoms with Crippen LogP contribution in [-0.2, 0) is 0 Å². The van der Waals surface area contributed by atoms with E-state index >= 15 is 0 Å². The van der Waals surface area contributed by atoms with Crippen molar-refractivity contribution in [1.29, 1.82) is 0 Å². The highest BCUT2D eigenvalue weighted by Crippen LogP contribution is 2.33. The SMILES string of the molecule is COc1ccccc1NC(NC(=O)c1ccc(Br)cc1)C(Cl)(Cl)Cl. The van der Waals surface area contributed by atoms with Gasteiger partial charge in [0, 0.05) is 10.0 Å². The fourth-order valence-corrected chi connectivity index (χ4v) is 2.53. The zero-order chi connectivity index (χ0) is 17.7. The molecule has 128 valence electrons. The predicted molar refractivity (Wildman–Crippen MR) is 102 cm³/mol. The summed E-state index contributed by atoms with van der Waals surface area (Å²) in [6, 6.07) is 14.0. The van der Waals surface area contributed by atoms with Gasteiger partial charge < -0.3 is 15.4 Å². The summed E-state index contributed by atoms with van der Waals surface area (Å²) in [4.78, 5) is 12.4. The summed E-state index contributed by atoms with van der Waals surface area (Å²) < 4.78 is 4.34. The summed E-state index contributed by atoms with van der Waals surface area (Å²) >= 11 is 21.3. The number of para-hydroxylation sites is 2. The molecule has 0 aromatic heterocycles. The van der Waals surface area contributed by atoms with Crippen molar-refractivity contribution in [3.63, 3.8) is 0 Å². The molecule has 0 fully saturated rings. The Morgan fingerprint density at radius 2 is 1.75 bits per heavy atom. The molecule has 2 rings (SSSR count). The number of ether oxygens (including phenoxy) is 1. The van der Waals surface area contributed by atoms with Gasteiger partial charge in [-0.15, -0.1) is 0 Å². The maximum atomic E-state index is 12.4. The minimum absolute atomic E-state index is 0.374. The summed E-state index contributed by atoms with van der Waals surface area (Å²) in [5, 5.41) is 5.66. The zero-order valence-corrected chi connectivity index (χ0v) is 16.4. The van der Waals surface area contributed by atoms with Crippen LogP contribution in [0.25, 0.3) is 0 Å². The molecule has 0 aliphatic heterocycles. The Kier molecular flexibility index (Phi) is 6.63. The first-order valence-corrected chi connectivity index (χ1v) is 8.76. The van der Waals surface area contributed by atoms with Crippen LogP contribution in [0.3, 0.4) is 0 Å². The first kappa shape index (κ1) is 19.2. The number of carbonyl (C=O) groups excluding carboxylic acids is 1. The van der Waals surface area contributed by atoms with Crippen LogP contribution in [0.2, 0.25) is 0 Å². The number of hydrogen-bond donors (Lipinski definition) is 2. The van der Waals surface area contributed by atoms with Crippen molar-refractivity contribution >= 4 is 62.3 Å². The third kappa shape index (κ3) is 5.18. The van der Waals surface area contributed by atoms with Crippen LogP contribution in [0.5, 0.6) is 5.75 Å². The fourth-order valence-electron chi connectivity index (χ4n) is 1.93. The van der Waals surface area contributed by atoms with Gasteiger partial charge in [0.2, 0.25) is 3.79 Å². The van der Waals surface area contributed by atoms with Crippen LogP contribution in [0.1, 0.15) is 10.4 Å². The normalized spacial score (nSPS) is 12.4. The van der Waals surface area contributed by atoms with Crippen molar-refractivity contribution < 1.29 is 9.53 Å². The summed E-state index contributed by atoms with van der Waals surface area (Å²) in [5.74, 6) is 0.191. The van der Waals surface area contributed by atoms with E-state index < -0.39 is 9.96 Å². The molecule has 1 atom stereocenters. The van der Waals surface area contributed by atoms with Crippen LogP contribution in [0, 0.1) is 0 Å². The molecule has 0 bridgehead atoms. The fraction of sp³-hybridized carbons (Fsp3) is 0.188. The van der Waals surface area contributed by atoms with Gasteiger partial charge in [-0.3, -0.25) is 4.79 Å². The average molecular weight is 453 g/mol. The van der Waals surface area contributed by atoms with Crippen molar-refractivity contribution in [2.75, 3.05) is 12.4 Å². The van der Waals surface area contributed by atoms with E-state index in [1.54, 1.807) is 42.5 Å². The Bertz CT molecular complexity index is 705. The minimum atomic E-state index is -1.77. The summed E-state index contributed by atoms with van der Waals surface area (Å²) in [7, 11) is 1.53. The first-order chi connectivity index (χ1) is 11.3. The number of methoxy groups -OCH3 is 1. The van der Waals surface area contributed by atoms with Gasteiger partial charge in [-0.1, -0.05) is 62.9 Å². The van der Waals surface area contributed by atoms with Crippen molar-refractivity contribution in [2.24, 2.45) is 0 Å². The quantitative estimate of drug-likeness (QED) is 0.496. The molecule has 0 radical (unpaired) electrons. The number of rotatable bonds is 5. The lowest BCUT2D eigenvalue weighted by atomic mass is 10.2. The van der Waals surface area contributed by atoms with E-state index in [1.807, 2.05) is 6.07 Å². The van der Waals surface area contributed by atoms with E-state index in [4.69, 9.17) is 39.5 Å². The lowest BCUT2D eigenvalue weighted by molar-refractivity contribution is 0.0941. The van der Waals surface area contributed by atoms with E-state index in [-0.39, 0.29) is 5.91 Å². The zero-order valence-electron chi connectivity index (χ0n) is 12.5. The highest BCUT2D eigenvalue weighted by atomic mass is 79.9. The molecule has 1 amide bonds. The summed E-state index contributed by atoms with van der Waals surface area (Å²) in [5.41, 5.74) is 1.03. The van der Waals surface area contributed by atoms with Crippen LogP contribution >= 0.6 is 50.7 Å². The molecular formula is C16H14BrCl3N2O2. The number of amides is 1. The molecule has 0 aliphatic carbocycles. The molecule has 0 heterocycles. The molecule has 0 saturated heterocycles. The average Bonchev–Trinajstić information content (AvgIpc) is 2.54. The van der Waals surface area contributed by atoms with E-state index in [0.717, 1.165) is 4.47 Å². The Morgan fingerprint density at radius 1 is 1.12 bits per heavy atom. The molecule has 2 aromatic carbocycles. The number of benzene rings is 2. The Hall–Kier alpha value is -1.14. The number of anilines is 1. The van der Waals surface area contributed by atoms with Crippen LogP contribution < -0.4 is 15.4 Å². The van der Waals surface area contributed by atoms with Gasteiger partial charge in [-0.25, -0.2) is 0 Å². The second kappa shape index (κ2) is 8.30. The predicted octanol–water partition coefficient (Wildman–Crippen LogP) is 5.00. The van der Waals surface area contributed by atoms with Crippen molar-refractivity contribution in [3.05, 3.63) is 58.6 Å². The molecule has 0 aliphatic rings. The second-order valence-electron chi connectivity index (χ2n) is 4.80. The lowest BCUT2D eigenvalue weighted by Gasteiger charge is -2.28. The van der Waals surface area contributed by atoms with E-state index in [0.29, 0.717) is 17.0 Å². The third-order valence-corrected chi connectivity index (χ3v) is 4.30. The smallest absolute Gasteiger partial charge is 0.252 e. The van der Waals surface area contributed by atoms with Crippen LogP contribution in [0.15, 0.2) is 53.0 Å². The van der Waals surface area contributed by atoms with Gasteiger partial charge in [-0.2, -0.15) is 0 Å². The van der Waals surface area contributed by atoms with Crippen LogP contribution in [0.4, 0.5) is 5.69 Å². The monoisotopic (exact) mass is 450 g/mol. The Morgan fingerprint density at radius 3 is 2.33 bits per heavy atom. The van der Waals surface area contributed by atoms with Gasteiger partial charge in [0.05, 0.1) is 12.8 Å². The summed E-state index contributed by atoms with van der Waals surface area (Å²) in [6.07, 6.45) is -0.963. The highest BCUT2D eigenvalue weighted by molar-refractivity contribution is 9.10. The molecule has 24 heavy (non-hydrogen) atoms. The molecule has 2 aromatic rings. The minimum Gasteiger partial charge on any atom is -0.495 e. The number of carbonyl (C=O) groups is 1. The number of alkyl halides is 3. The standard InChI is InChI=1S/C16H14BrCl3N2O2/c1-24-13-5-3-2-4-12(13)21-15(16(18,19)20)22-14(23)10-6-8-11(17)9-7-10/h2-9,15,21H,1H3,(H,22,23). The molecule has 4 nitrogen and oxygen atoms in total. The molecular weight excluding hydrogens is 438 g/mol. The van der Waals surface area contributed by atoms with Gasteiger partial charge >= 0.3 is 0 Å².